The van der Waals surface area contributed by atoms with Crippen LogP contribution in [-0.4, -0.2) is 11.7 Å². The highest BCUT2D eigenvalue weighted by molar-refractivity contribution is 7.99. The molecule has 1 aromatic carbocycles. The first-order valence-corrected chi connectivity index (χ1v) is 7.83. The maximum absolute atomic E-state index is 13.4. The van der Waals surface area contributed by atoms with Gasteiger partial charge in [0.1, 0.15) is 5.82 Å². The Morgan fingerprint density at radius 1 is 1.58 bits per heavy atom. The second kappa shape index (κ2) is 6.42. The molecule has 0 bridgehead atoms. The highest BCUT2D eigenvalue weighted by Gasteiger charge is 2.24. The number of hydrogen-bond donors (Lipinski definition) is 1. The third-order valence-corrected chi connectivity index (χ3v) is 4.62. The molecule has 1 heterocycles. The smallest absolute Gasteiger partial charge is 0.223 e. The van der Waals surface area contributed by atoms with Crippen molar-refractivity contribution in [1.29, 1.82) is 0 Å². The third kappa shape index (κ3) is 3.50. The Morgan fingerprint density at radius 2 is 2.37 bits per heavy atom. The summed E-state index contributed by atoms with van der Waals surface area (Å²) in [4.78, 5) is 13.2. The molecule has 0 aliphatic carbocycles. The van der Waals surface area contributed by atoms with Gasteiger partial charge in [0.15, 0.2) is 0 Å². The summed E-state index contributed by atoms with van der Waals surface area (Å²) in [5.41, 5.74) is 0.924. The van der Waals surface area contributed by atoms with Gasteiger partial charge in [0, 0.05) is 16.6 Å². The van der Waals surface area contributed by atoms with Gasteiger partial charge in [0.2, 0.25) is 5.91 Å². The minimum Gasteiger partial charge on any atom is -0.349 e. The van der Waals surface area contributed by atoms with Crippen molar-refractivity contribution >= 4 is 17.7 Å². The van der Waals surface area contributed by atoms with E-state index in [4.69, 9.17) is 0 Å². The summed E-state index contributed by atoms with van der Waals surface area (Å²) >= 11 is 1.73. The van der Waals surface area contributed by atoms with Crippen molar-refractivity contribution in [3.63, 3.8) is 0 Å². The number of hydrogen-bond acceptors (Lipinski definition) is 2. The van der Waals surface area contributed by atoms with Crippen LogP contribution in [-0.2, 0) is 4.79 Å². The van der Waals surface area contributed by atoms with Crippen molar-refractivity contribution in [3.8, 4) is 0 Å². The van der Waals surface area contributed by atoms with E-state index < -0.39 is 0 Å². The third-order valence-electron chi connectivity index (χ3n) is 3.50. The van der Waals surface area contributed by atoms with Crippen LogP contribution in [0.2, 0.25) is 0 Å². The molecule has 4 heteroatoms. The summed E-state index contributed by atoms with van der Waals surface area (Å²) in [5.74, 6) is 0.832. The van der Waals surface area contributed by atoms with Crippen LogP contribution in [0.5, 0.6) is 0 Å². The van der Waals surface area contributed by atoms with Crippen molar-refractivity contribution in [2.75, 3.05) is 5.75 Å². The molecule has 0 fully saturated rings. The fraction of sp³-hybridized carbons (Fsp3) is 0.533. The molecule has 1 aliphatic heterocycles. The van der Waals surface area contributed by atoms with Crippen LogP contribution < -0.4 is 5.32 Å². The first-order valence-electron chi connectivity index (χ1n) is 6.84. The number of halogens is 1. The molecule has 0 spiro atoms. The van der Waals surface area contributed by atoms with E-state index >= 15 is 0 Å². The summed E-state index contributed by atoms with van der Waals surface area (Å²) in [6.45, 7) is 4.02. The molecule has 1 N–H and O–H groups in total. The predicted molar refractivity (Wildman–Crippen MR) is 76.7 cm³/mol. The molecule has 2 rings (SSSR count). The molecule has 0 saturated carbocycles. The lowest BCUT2D eigenvalue weighted by molar-refractivity contribution is -0.125. The fourth-order valence-corrected chi connectivity index (χ4v) is 3.50. The maximum atomic E-state index is 13.4. The minimum atomic E-state index is -0.234. The SMILES string of the molecule is CCCC(C)C(=O)NC1CCSc2ccc(F)cc21. The number of carbonyl (C=O) groups excluding carboxylic acids is 1. The van der Waals surface area contributed by atoms with Gasteiger partial charge in [0.25, 0.3) is 0 Å². The summed E-state index contributed by atoms with van der Waals surface area (Å²) in [7, 11) is 0. The molecular weight excluding hydrogens is 261 g/mol. The van der Waals surface area contributed by atoms with Gasteiger partial charge in [-0.1, -0.05) is 20.3 Å². The Morgan fingerprint density at radius 3 is 3.11 bits per heavy atom. The van der Waals surface area contributed by atoms with Gasteiger partial charge in [-0.2, -0.15) is 0 Å². The Bertz CT molecular complexity index is 463. The molecule has 19 heavy (non-hydrogen) atoms. The molecule has 2 unspecified atom stereocenters. The molecular formula is C15H20FNOS. The average Bonchev–Trinajstić information content (AvgIpc) is 2.39. The molecule has 2 nitrogen and oxygen atoms in total. The fourth-order valence-electron chi connectivity index (χ4n) is 2.39. The van der Waals surface area contributed by atoms with Gasteiger partial charge in [-0.25, -0.2) is 4.39 Å². The van der Waals surface area contributed by atoms with Crippen molar-refractivity contribution in [3.05, 3.63) is 29.6 Å². The van der Waals surface area contributed by atoms with Crippen LogP contribution in [0, 0.1) is 11.7 Å². The van der Waals surface area contributed by atoms with Crippen molar-refractivity contribution in [2.45, 2.75) is 44.0 Å². The highest BCUT2D eigenvalue weighted by Crippen LogP contribution is 2.36. The quantitative estimate of drug-likeness (QED) is 0.906. The van der Waals surface area contributed by atoms with Gasteiger partial charge >= 0.3 is 0 Å². The Hall–Kier alpha value is -1.03. The van der Waals surface area contributed by atoms with E-state index in [1.54, 1.807) is 17.8 Å². The van der Waals surface area contributed by atoms with E-state index in [1.165, 1.54) is 6.07 Å². The summed E-state index contributed by atoms with van der Waals surface area (Å²) in [6.07, 6.45) is 2.76. The van der Waals surface area contributed by atoms with Gasteiger partial charge in [0.05, 0.1) is 6.04 Å². The van der Waals surface area contributed by atoms with Gasteiger partial charge < -0.3 is 5.32 Å². The number of rotatable bonds is 4. The second-order valence-electron chi connectivity index (χ2n) is 5.07. The lowest BCUT2D eigenvalue weighted by Crippen LogP contribution is -2.34. The molecule has 104 valence electrons. The number of amides is 1. The molecule has 0 aromatic heterocycles. The molecule has 0 radical (unpaired) electrons. The van der Waals surface area contributed by atoms with Gasteiger partial charge in [-0.05, 0) is 36.6 Å². The van der Waals surface area contributed by atoms with Gasteiger partial charge in [-0.15, -0.1) is 11.8 Å². The lowest BCUT2D eigenvalue weighted by Gasteiger charge is -2.27. The number of fused-ring (bicyclic) bond motifs is 1. The summed E-state index contributed by atoms with van der Waals surface area (Å²) in [5, 5.41) is 3.07. The number of carbonyl (C=O) groups is 1. The molecule has 1 aliphatic rings. The molecule has 1 aromatic rings. The predicted octanol–water partition coefficient (Wildman–Crippen LogP) is 3.92. The topological polar surface area (TPSA) is 29.1 Å². The minimum absolute atomic E-state index is 0.0246. The van der Waals surface area contributed by atoms with Crippen LogP contribution in [0.4, 0.5) is 4.39 Å². The van der Waals surface area contributed by atoms with Crippen molar-refractivity contribution < 1.29 is 9.18 Å². The average molecular weight is 281 g/mol. The van der Waals surface area contributed by atoms with E-state index in [2.05, 4.69) is 12.2 Å². The largest absolute Gasteiger partial charge is 0.349 e. The Labute approximate surface area is 118 Å². The maximum Gasteiger partial charge on any atom is 0.223 e. The number of nitrogens with one attached hydrogen (secondary N) is 1. The Balaban J connectivity index is 2.11. The summed E-state index contributed by atoms with van der Waals surface area (Å²) in [6, 6.07) is 4.80. The number of benzene rings is 1. The van der Waals surface area contributed by atoms with Crippen molar-refractivity contribution in [1.82, 2.24) is 5.32 Å². The molecule has 0 saturated heterocycles. The monoisotopic (exact) mass is 281 g/mol. The zero-order chi connectivity index (χ0) is 13.8. The van der Waals surface area contributed by atoms with E-state index in [9.17, 15) is 9.18 Å². The number of thioether (sulfide) groups is 1. The molecule has 2 atom stereocenters. The van der Waals surface area contributed by atoms with Crippen LogP contribution in [0.15, 0.2) is 23.1 Å². The van der Waals surface area contributed by atoms with E-state index in [0.717, 1.165) is 35.5 Å². The van der Waals surface area contributed by atoms with E-state index in [0.29, 0.717) is 0 Å². The normalized spacial score (nSPS) is 19.6. The van der Waals surface area contributed by atoms with Crippen LogP contribution in [0.3, 0.4) is 0 Å². The summed E-state index contributed by atoms with van der Waals surface area (Å²) < 4.78 is 13.4. The lowest BCUT2D eigenvalue weighted by atomic mass is 10.0. The van der Waals surface area contributed by atoms with Crippen LogP contribution >= 0.6 is 11.8 Å². The van der Waals surface area contributed by atoms with E-state index in [-0.39, 0.29) is 23.7 Å². The Kier molecular flexibility index (Phi) is 4.86. The molecule has 1 amide bonds. The van der Waals surface area contributed by atoms with Gasteiger partial charge in [-0.3, -0.25) is 4.79 Å². The van der Waals surface area contributed by atoms with Crippen molar-refractivity contribution in [2.24, 2.45) is 5.92 Å². The van der Waals surface area contributed by atoms with Crippen LogP contribution in [0.25, 0.3) is 0 Å². The first-order chi connectivity index (χ1) is 9.11. The van der Waals surface area contributed by atoms with Crippen LogP contribution in [0.1, 0.15) is 44.7 Å². The standard InChI is InChI=1S/C15H20FNOS/c1-3-4-10(2)15(18)17-13-7-8-19-14-6-5-11(16)9-12(13)14/h5-6,9-10,13H,3-4,7-8H2,1-2H3,(H,17,18). The zero-order valence-corrected chi connectivity index (χ0v) is 12.2. The highest BCUT2D eigenvalue weighted by atomic mass is 32.2. The second-order valence-corrected chi connectivity index (χ2v) is 6.21. The zero-order valence-electron chi connectivity index (χ0n) is 11.4. The van der Waals surface area contributed by atoms with E-state index in [1.807, 2.05) is 13.0 Å². The first kappa shape index (κ1) is 14.4.